The summed E-state index contributed by atoms with van der Waals surface area (Å²) in [5.74, 6) is 0.793. The van der Waals surface area contributed by atoms with Crippen molar-refractivity contribution in [3.8, 4) is 5.88 Å². The molecule has 42 heavy (non-hydrogen) atoms. The number of hydrogen-bond acceptors (Lipinski definition) is 8. The van der Waals surface area contributed by atoms with Gasteiger partial charge in [0.2, 0.25) is 22.3 Å². The third-order valence-electron chi connectivity index (χ3n) is 8.39. The quantitative estimate of drug-likeness (QED) is 0.323. The third-order valence-corrected chi connectivity index (χ3v) is 9.23. The average molecular weight is 588 g/mol. The number of ether oxygens (including phenoxy) is 2. The zero-order chi connectivity index (χ0) is 29.3. The number of carbonyl (C=O) groups is 1. The second kappa shape index (κ2) is 11.2. The lowest BCUT2D eigenvalue weighted by molar-refractivity contribution is 0.0191. The maximum atomic E-state index is 13.0. The van der Waals surface area contributed by atoms with Gasteiger partial charge in [-0.2, -0.15) is 4.98 Å². The zero-order valence-corrected chi connectivity index (χ0v) is 24.3. The van der Waals surface area contributed by atoms with E-state index in [0.717, 1.165) is 48.6 Å². The van der Waals surface area contributed by atoms with Crippen LogP contribution in [0.3, 0.4) is 0 Å². The van der Waals surface area contributed by atoms with E-state index < -0.39 is 27.6 Å². The van der Waals surface area contributed by atoms with Crippen LogP contribution in [0.5, 0.6) is 5.88 Å². The molecule has 0 saturated carbocycles. The Labute approximate surface area is 246 Å². The van der Waals surface area contributed by atoms with Crippen LogP contribution in [0.2, 0.25) is 0 Å². The normalized spacial score (nSPS) is 21.6. The summed E-state index contributed by atoms with van der Waals surface area (Å²) in [6.07, 6.45) is 4.75. The van der Waals surface area contributed by atoms with Crippen LogP contribution in [0.1, 0.15) is 41.5 Å². The molecule has 6 rings (SSSR count). The van der Waals surface area contributed by atoms with Gasteiger partial charge in [-0.15, -0.1) is 0 Å². The van der Waals surface area contributed by atoms with Gasteiger partial charge in [-0.25, -0.2) is 24.8 Å². The SMILES string of the molecule is [C-]#[N+]C[C@H]1CN(c2nc(S(C)(=O)=O)nc3c2CCC2(CCCc4ccccc42)O3)CCN1C(=O)OCc1ccccc1. The van der Waals surface area contributed by atoms with E-state index in [9.17, 15) is 13.2 Å². The van der Waals surface area contributed by atoms with E-state index in [0.29, 0.717) is 37.8 Å². The molecule has 0 N–H and O–H groups in total. The summed E-state index contributed by atoms with van der Waals surface area (Å²) >= 11 is 0. The van der Waals surface area contributed by atoms with Gasteiger partial charge < -0.3 is 19.2 Å². The fourth-order valence-corrected chi connectivity index (χ4v) is 6.83. The Morgan fingerprint density at radius 2 is 1.88 bits per heavy atom. The highest BCUT2D eigenvalue weighted by atomic mass is 32.2. The van der Waals surface area contributed by atoms with Gasteiger partial charge in [0.1, 0.15) is 24.1 Å². The minimum atomic E-state index is -3.74. The number of aromatic nitrogens is 2. The third kappa shape index (κ3) is 5.39. The number of rotatable bonds is 5. The highest BCUT2D eigenvalue weighted by Gasteiger charge is 2.44. The number of hydrogen-bond donors (Lipinski definition) is 0. The Hall–Kier alpha value is -4.17. The Morgan fingerprint density at radius 1 is 1.10 bits per heavy atom. The lowest BCUT2D eigenvalue weighted by atomic mass is 9.75. The van der Waals surface area contributed by atoms with Crippen LogP contribution in [0, 0.1) is 6.57 Å². The van der Waals surface area contributed by atoms with Gasteiger partial charge in [0, 0.05) is 25.9 Å². The molecule has 1 saturated heterocycles. The summed E-state index contributed by atoms with van der Waals surface area (Å²) in [7, 11) is -3.74. The molecular formula is C31H33N5O5S. The fourth-order valence-electron chi connectivity index (χ4n) is 6.33. The Kier molecular flexibility index (Phi) is 7.49. The molecule has 0 radical (unpaired) electrons. The first-order valence-electron chi connectivity index (χ1n) is 14.2. The summed E-state index contributed by atoms with van der Waals surface area (Å²) < 4.78 is 37.7. The molecular weight excluding hydrogens is 554 g/mol. The Bertz CT molecular complexity index is 1640. The Morgan fingerprint density at radius 3 is 2.67 bits per heavy atom. The number of benzene rings is 2. The second-order valence-electron chi connectivity index (χ2n) is 11.2. The number of piperazine rings is 1. The van der Waals surface area contributed by atoms with Gasteiger partial charge in [-0.3, -0.25) is 4.90 Å². The predicted octanol–water partition coefficient (Wildman–Crippen LogP) is 4.18. The molecule has 2 aromatic carbocycles. The molecule has 0 bridgehead atoms. The first kappa shape index (κ1) is 28.0. The van der Waals surface area contributed by atoms with Crippen molar-refractivity contribution in [2.24, 2.45) is 0 Å². The van der Waals surface area contributed by atoms with E-state index in [4.69, 9.17) is 16.0 Å². The number of amides is 1. The molecule has 1 spiro atoms. The molecule has 11 heteroatoms. The van der Waals surface area contributed by atoms with Crippen LogP contribution < -0.4 is 9.64 Å². The topological polar surface area (TPSA) is 106 Å². The van der Waals surface area contributed by atoms with Crippen LogP contribution in [0.4, 0.5) is 10.6 Å². The molecule has 1 unspecified atom stereocenters. The van der Waals surface area contributed by atoms with E-state index in [-0.39, 0.29) is 18.3 Å². The van der Waals surface area contributed by atoms with Gasteiger partial charge >= 0.3 is 6.09 Å². The molecule has 218 valence electrons. The zero-order valence-electron chi connectivity index (χ0n) is 23.5. The number of fused-ring (bicyclic) bond motifs is 3. The number of aryl methyl sites for hydroxylation is 1. The first-order valence-corrected chi connectivity index (χ1v) is 16.1. The highest BCUT2D eigenvalue weighted by molar-refractivity contribution is 7.90. The summed E-state index contributed by atoms with van der Waals surface area (Å²) in [6, 6.07) is 17.3. The maximum Gasteiger partial charge on any atom is 0.410 e. The molecule has 1 fully saturated rings. The van der Waals surface area contributed by atoms with Crippen LogP contribution in [0.15, 0.2) is 59.8 Å². The van der Waals surface area contributed by atoms with Crippen molar-refractivity contribution in [2.75, 3.05) is 37.3 Å². The van der Waals surface area contributed by atoms with E-state index in [1.165, 1.54) is 5.56 Å². The molecule has 2 aliphatic heterocycles. The molecule has 3 aromatic rings. The number of anilines is 1. The Balaban J connectivity index is 1.29. The van der Waals surface area contributed by atoms with E-state index >= 15 is 0 Å². The fraction of sp³-hybridized carbons (Fsp3) is 0.419. The smallest absolute Gasteiger partial charge is 0.410 e. The van der Waals surface area contributed by atoms with Crippen molar-refractivity contribution in [3.05, 3.63) is 88.3 Å². The summed E-state index contributed by atoms with van der Waals surface area (Å²) in [5, 5.41) is -0.288. The number of nitrogens with zero attached hydrogens (tertiary/aromatic N) is 5. The van der Waals surface area contributed by atoms with Gasteiger partial charge in [-0.05, 0) is 48.8 Å². The van der Waals surface area contributed by atoms with E-state index in [1.807, 2.05) is 47.4 Å². The molecule has 10 nitrogen and oxygen atoms in total. The minimum Gasteiger partial charge on any atom is -0.466 e. The molecule has 1 amide bonds. The lowest BCUT2D eigenvalue weighted by Gasteiger charge is -2.44. The van der Waals surface area contributed by atoms with Gasteiger partial charge in [0.05, 0.1) is 5.56 Å². The van der Waals surface area contributed by atoms with E-state index in [2.05, 4.69) is 26.9 Å². The van der Waals surface area contributed by atoms with Crippen LogP contribution in [0.25, 0.3) is 4.85 Å². The lowest BCUT2D eigenvalue weighted by Crippen LogP contribution is -2.57. The summed E-state index contributed by atoms with van der Waals surface area (Å²) in [5.41, 5.74) is 3.48. The van der Waals surface area contributed by atoms with E-state index in [1.54, 1.807) is 4.90 Å². The molecule has 3 aliphatic rings. The monoisotopic (exact) mass is 587 g/mol. The highest BCUT2D eigenvalue weighted by Crippen LogP contribution is 2.47. The van der Waals surface area contributed by atoms with Gasteiger partial charge in [0.15, 0.2) is 0 Å². The van der Waals surface area contributed by atoms with Crippen molar-refractivity contribution in [2.45, 2.75) is 55.5 Å². The van der Waals surface area contributed by atoms with Crippen LogP contribution >= 0.6 is 0 Å². The molecule has 1 aromatic heterocycles. The maximum absolute atomic E-state index is 13.0. The van der Waals surface area contributed by atoms with Crippen molar-refractivity contribution in [1.82, 2.24) is 14.9 Å². The van der Waals surface area contributed by atoms with Crippen LogP contribution in [-0.4, -0.2) is 67.9 Å². The first-order chi connectivity index (χ1) is 20.3. The average Bonchev–Trinajstić information content (AvgIpc) is 3.00. The summed E-state index contributed by atoms with van der Waals surface area (Å²) in [4.78, 5) is 29.1. The predicted molar refractivity (Wildman–Crippen MR) is 156 cm³/mol. The molecule has 3 heterocycles. The minimum absolute atomic E-state index is 0.0829. The second-order valence-corrected chi connectivity index (χ2v) is 13.1. The van der Waals surface area contributed by atoms with Gasteiger partial charge in [-0.1, -0.05) is 54.6 Å². The van der Waals surface area contributed by atoms with Gasteiger partial charge in [0.25, 0.3) is 5.16 Å². The van der Waals surface area contributed by atoms with Crippen molar-refractivity contribution in [1.29, 1.82) is 0 Å². The van der Waals surface area contributed by atoms with Crippen molar-refractivity contribution < 1.29 is 22.7 Å². The number of sulfone groups is 1. The molecule has 2 atom stereocenters. The molecule has 1 aliphatic carbocycles. The summed E-state index contributed by atoms with van der Waals surface area (Å²) in [6.45, 7) is 8.75. The van der Waals surface area contributed by atoms with Crippen molar-refractivity contribution in [3.63, 3.8) is 0 Å². The number of carbonyl (C=O) groups excluding carboxylic acids is 1. The van der Waals surface area contributed by atoms with Crippen molar-refractivity contribution >= 4 is 21.7 Å². The van der Waals surface area contributed by atoms with Crippen LogP contribution in [-0.2, 0) is 39.6 Å². The largest absolute Gasteiger partial charge is 0.466 e. The standard InChI is InChI=1S/C31H33N5O5S/c1-32-19-24-20-35(17-18-36(24)30(37)40-21-22-9-4-3-5-10-22)27-25-14-16-31(15-8-12-23-11-6-7-13-26(23)31)41-28(25)34-29(33-27)42(2,38)39/h3-7,9-11,13,24H,8,12,14-21H2,2H3/t24-,31?/m0/s1.